The smallest absolute Gasteiger partial charge is 0.344 e. The van der Waals surface area contributed by atoms with Crippen LogP contribution in [-0.4, -0.2) is 38.5 Å². The van der Waals surface area contributed by atoms with Crippen molar-refractivity contribution in [1.82, 2.24) is 0 Å². The summed E-state index contributed by atoms with van der Waals surface area (Å²) in [5.41, 5.74) is 1.26. The Morgan fingerprint density at radius 2 is 1.90 bits per heavy atom. The van der Waals surface area contributed by atoms with Crippen LogP contribution >= 0.6 is 24.0 Å². The highest BCUT2D eigenvalue weighted by atomic mass is 32.2. The molecule has 0 radical (unpaired) electrons. The molecule has 1 aliphatic heterocycles. The average Bonchev–Trinajstić information content (AvgIpc) is 2.99. The van der Waals surface area contributed by atoms with Gasteiger partial charge in [0.15, 0.2) is 10.4 Å². The van der Waals surface area contributed by atoms with Gasteiger partial charge in [-0.15, -0.1) is 0 Å². The van der Waals surface area contributed by atoms with E-state index in [2.05, 4.69) is 0 Å². The number of hydrogen-bond acceptors (Lipinski definition) is 6. The zero-order valence-corrected chi connectivity index (χ0v) is 17.4. The minimum atomic E-state index is -1.05. The van der Waals surface area contributed by atoms with Crippen LogP contribution in [0.1, 0.15) is 29.3 Å². The van der Waals surface area contributed by atoms with Crippen molar-refractivity contribution < 1.29 is 29.3 Å². The lowest BCUT2D eigenvalue weighted by molar-refractivity contribution is -0.145. The summed E-state index contributed by atoms with van der Waals surface area (Å²) in [5, 5.41) is 18.2. The summed E-state index contributed by atoms with van der Waals surface area (Å²) in [7, 11) is 0. The largest absolute Gasteiger partial charge is 0.479 e. The van der Waals surface area contributed by atoms with Gasteiger partial charge in [0.1, 0.15) is 5.75 Å². The Labute approximate surface area is 182 Å². The Morgan fingerprint density at radius 1 is 1.20 bits per heavy atom. The SMILES string of the molecule is CCC(Oc1cccc(/C=C2\SC(=S)N(c3ccc(C(=O)O)cc3)C2=O)c1)C(=O)O. The lowest BCUT2D eigenvalue weighted by Crippen LogP contribution is -2.27. The maximum atomic E-state index is 12.9. The maximum Gasteiger partial charge on any atom is 0.344 e. The molecular formula is C21H17NO6S2. The van der Waals surface area contributed by atoms with Crippen LogP contribution < -0.4 is 9.64 Å². The van der Waals surface area contributed by atoms with Crippen LogP contribution in [0.3, 0.4) is 0 Å². The number of thiocarbonyl (C=S) groups is 1. The van der Waals surface area contributed by atoms with Gasteiger partial charge in [0.25, 0.3) is 5.91 Å². The fraction of sp³-hybridized carbons (Fsp3) is 0.143. The Balaban J connectivity index is 1.82. The summed E-state index contributed by atoms with van der Waals surface area (Å²) in [6.45, 7) is 1.72. The lowest BCUT2D eigenvalue weighted by atomic mass is 10.1. The number of carbonyl (C=O) groups is 3. The molecule has 0 bridgehead atoms. The number of aromatic carboxylic acids is 1. The molecule has 2 aromatic rings. The summed E-state index contributed by atoms with van der Waals surface area (Å²) >= 11 is 6.45. The molecule has 0 saturated carbocycles. The first-order valence-electron chi connectivity index (χ1n) is 8.91. The molecule has 1 unspecified atom stereocenters. The van der Waals surface area contributed by atoms with Gasteiger partial charge >= 0.3 is 11.9 Å². The molecular weight excluding hydrogens is 426 g/mol. The minimum absolute atomic E-state index is 0.114. The molecule has 9 heteroatoms. The summed E-state index contributed by atoms with van der Waals surface area (Å²) in [4.78, 5) is 36.8. The van der Waals surface area contributed by atoms with E-state index in [0.717, 1.165) is 11.8 Å². The molecule has 0 aromatic heterocycles. The molecule has 1 atom stereocenters. The fourth-order valence-corrected chi connectivity index (χ4v) is 4.04. The van der Waals surface area contributed by atoms with E-state index in [1.54, 1.807) is 37.3 Å². The standard InChI is InChI=1S/C21H17NO6S2/c1-2-16(20(26)27)28-15-5-3-4-12(10-15)11-17-18(23)22(21(29)30-17)14-8-6-13(7-9-14)19(24)25/h3-11,16H,2H2,1H3,(H,24,25)(H,26,27)/b17-11-. The van der Waals surface area contributed by atoms with Gasteiger partial charge in [-0.25, -0.2) is 9.59 Å². The fourth-order valence-electron chi connectivity index (χ4n) is 2.75. The Morgan fingerprint density at radius 3 is 2.50 bits per heavy atom. The minimum Gasteiger partial charge on any atom is -0.479 e. The number of benzene rings is 2. The number of carboxylic acid groups (broad SMARTS) is 2. The third kappa shape index (κ3) is 4.69. The summed E-state index contributed by atoms with van der Waals surface area (Å²) in [6.07, 6.45) is 1.02. The van der Waals surface area contributed by atoms with Gasteiger partial charge in [-0.2, -0.15) is 0 Å². The molecule has 2 N–H and O–H groups in total. The van der Waals surface area contributed by atoms with E-state index in [0.29, 0.717) is 32.6 Å². The van der Waals surface area contributed by atoms with Crippen molar-refractivity contribution in [2.45, 2.75) is 19.4 Å². The van der Waals surface area contributed by atoms with Gasteiger partial charge in [0, 0.05) is 0 Å². The number of hydrogen-bond donors (Lipinski definition) is 2. The predicted octanol–water partition coefficient (Wildman–Crippen LogP) is 4.03. The number of carboxylic acids is 2. The quantitative estimate of drug-likeness (QED) is 0.488. The van der Waals surface area contributed by atoms with Gasteiger partial charge in [0.2, 0.25) is 0 Å². The number of amides is 1. The van der Waals surface area contributed by atoms with Crippen LogP contribution in [0.4, 0.5) is 5.69 Å². The molecule has 1 aliphatic rings. The van der Waals surface area contributed by atoms with Crippen molar-refractivity contribution in [3.63, 3.8) is 0 Å². The first kappa shape index (κ1) is 21.5. The van der Waals surface area contributed by atoms with Gasteiger partial charge in [-0.3, -0.25) is 9.69 Å². The van der Waals surface area contributed by atoms with E-state index in [4.69, 9.17) is 27.2 Å². The molecule has 0 spiro atoms. The van der Waals surface area contributed by atoms with Crippen molar-refractivity contribution in [3.8, 4) is 5.75 Å². The second-order valence-corrected chi connectivity index (χ2v) is 7.97. The molecule has 1 fully saturated rings. The molecule has 1 amide bonds. The molecule has 154 valence electrons. The highest BCUT2D eigenvalue weighted by Crippen LogP contribution is 2.36. The van der Waals surface area contributed by atoms with Crippen LogP contribution in [-0.2, 0) is 9.59 Å². The van der Waals surface area contributed by atoms with E-state index in [1.807, 2.05) is 0 Å². The van der Waals surface area contributed by atoms with Gasteiger partial charge in [0.05, 0.1) is 16.2 Å². The summed E-state index contributed by atoms with van der Waals surface area (Å²) < 4.78 is 5.83. The molecule has 3 rings (SSSR count). The van der Waals surface area contributed by atoms with Crippen LogP contribution in [0.25, 0.3) is 6.08 Å². The number of rotatable bonds is 7. The van der Waals surface area contributed by atoms with Gasteiger partial charge < -0.3 is 14.9 Å². The van der Waals surface area contributed by atoms with E-state index >= 15 is 0 Å². The summed E-state index contributed by atoms with van der Waals surface area (Å²) in [6, 6.07) is 12.7. The maximum absolute atomic E-state index is 12.9. The highest BCUT2D eigenvalue weighted by molar-refractivity contribution is 8.27. The highest BCUT2D eigenvalue weighted by Gasteiger charge is 2.33. The average molecular weight is 444 g/mol. The van der Waals surface area contributed by atoms with Gasteiger partial charge in [-0.05, 0) is 54.5 Å². The number of ether oxygens (including phenoxy) is 1. The van der Waals surface area contributed by atoms with Crippen LogP contribution in [0.2, 0.25) is 0 Å². The van der Waals surface area contributed by atoms with Gasteiger partial charge in [-0.1, -0.05) is 43.0 Å². The van der Waals surface area contributed by atoms with Crippen LogP contribution in [0.5, 0.6) is 5.75 Å². The molecule has 30 heavy (non-hydrogen) atoms. The Hall–Kier alpha value is -3.17. The predicted molar refractivity (Wildman–Crippen MR) is 118 cm³/mol. The zero-order valence-electron chi connectivity index (χ0n) is 15.8. The second kappa shape index (κ2) is 9.10. The molecule has 1 heterocycles. The zero-order chi connectivity index (χ0) is 21.8. The molecule has 0 aliphatic carbocycles. The number of carbonyl (C=O) groups excluding carboxylic acids is 1. The Bertz CT molecular complexity index is 1050. The monoisotopic (exact) mass is 443 g/mol. The normalized spacial score (nSPS) is 16.0. The molecule has 1 saturated heterocycles. The van der Waals surface area contributed by atoms with Crippen LogP contribution in [0.15, 0.2) is 53.4 Å². The van der Waals surface area contributed by atoms with E-state index in [-0.39, 0.29) is 11.5 Å². The number of thioether (sulfide) groups is 1. The van der Waals surface area contributed by atoms with Crippen LogP contribution in [0, 0.1) is 0 Å². The van der Waals surface area contributed by atoms with E-state index in [1.165, 1.54) is 29.2 Å². The van der Waals surface area contributed by atoms with Crippen molar-refractivity contribution in [3.05, 3.63) is 64.6 Å². The van der Waals surface area contributed by atoms with Crippen molar-refractivity contribution in [1.29, 1.82) is 0 Å². The van der Waals surface area contributed by atoms with E-state index < -0.39 is 18.0 Å². The third-order valence-electron chi connectivity index (χ3n) is 4.25. The molecule has 7 nitrogen and oxygen atoms in total. The number of aliphatic carboxylic acids is 1. The number of anilines is 1. The third-order valence-corrected chi connectivity index (χ3v) is 5.55. The van der Waals surface area contributed by atoms with Crippen molar-refractivity contribution in [2.24, 2.45) is 0 Å². The van der Waals surface area contributed by atoms with Crippen molar-refractivity contribution in [2.75, 3.05) is 4.90 Å². The first-order valence-corrected chi connectivity index (χ1v) is 10.1. The topological polar surface area (TPSA) is 104 Å². The van der Waals surface area contributed by atoms with E-state index in [9.17, 15) is 14.4 Å². The molecule has 2 aromatic carbocycles. The second-order valence-electron chi connectivity index (χ2n) is 6.29. The summed E-state index contributed by atoms with van der Waals surface area (Å²) in [5.74, 6) is -2.03. The first-order chi connectivity index (χ1) is 14.3. The number of nitrogens with zero attached hydrogens (tertiary/aromatic N) is 1. The van der Waals surface area contributed by atoms with Crippen molar-refractivity contribution >= 4 is 57.9 Å². The Kier molecular flexibility index (Phi) is 6.53. The lowest BCUT2D eigenvalue weighted by Gasteiger charge is -2.14.